The van der Waals surface area contributed by atoms with Crippen molar-refractivity contribution in [1.29, 1.82) is 0 Å². The summed E-state index contributed by atoms with van der Waals surface area (Å²) in [6, 6.07) is 45.3. The van der Waals surface area contributed by atoms with Gasteiger partial charge in [0, 0.05) is 0 Å². The second-order valence-corrected chi connectivity index (χ2v) is 14.8. The summed E-state index contributed by atoms with van der Waals surface area (Å²) in [5, 5.41) is 6.18. The van der Waals surface area contributed by atoms with E-state index in [-0.39, 0.29) is 15.8 Å². The summed E-state index contributed by atoms with van der Waals surface area (Å²) in [6.45, 7) is 0. The molecule has 2 aliphatic carbocycles. The molecular formula is C33H34P2. The van der Waals surface area contributed by atoms with E-state index in [9.17, 15) is 0 Å². The number of hydrogen-bond acceptors (Lipinski definition) is 0. The van der Waals surface area contributed by atoms with E-state index >= 15 is 0 Å². The minimum absolute atomic E-state index is 0.273. The van der Waals surface area contributed by atoms with Crippen molar-refractivity contribution >= 4 is 37.1 Å². The Balaban J connectivity index is 1.18. The van der Waals surface area contributed by atoms with E-state index in [1.165, 1.54) is 31.6 Å². The van der Waals surface area contributed by atoms with Crippen LogP contribution in [0.5, 0.6) is 0 Å². The van der Waals surface area contributed by atoms with Gasteiger partial charge in [-0.2, -0.15) is 0 Å². The van der Waals surface area contributed by atoms with Gasteiger partial charge in [-0.1, -0.05) is 121 Å². The van der Waals surface area contributed by atoms with Crippen LogP contribution in [0.2, 0.25) is 0 Å². The van der Waals surface area contributed by atoms with E-state index in [2.05, 4.69) is 121 Å². The minimum atomic E-state index is -0.273. The molecule has 0 radical (unpaired) electrons. The third kappa shape index (κ3) is 5.16. The van der Waals surface area contributed by atoms with E-state index in [1.807, 2.05) is 0 Å². The molecule has 2 bridgehead atoms. The summed E-state index contributed by atoms with van der Waals surface area (Å²) in [5.41, 5.74) is 0. The maximum atomic E-state index is 2.36. The Hall–Kier alpha value is -2.26. The van der Waals surface area contributed by atoms with Gasteiger partial charge in [0.25, 0.3) is 0 Å². The van der Waals surface area contributed by atoms with Crippen molar-refractivity contribution in [1.82, 2.24) is 0 Å². The fourth-order valence-electron chi connectivity index (χ4n) is 6.58. The summed E-state index contributed by atoms with van der Waals surface area (Å²) in [4.78, 5) is 0. The van der Waals surface area contributed by atoms with Crippen LogP contribution in [-0.2, 0) is 0 Å². The molecule has 2 aliphatic rings. The average molecular weight is 493 g/mol. The lowest BCUT2D eigenvalue weighted by atomic mass is 9.84. The molecule has 0 aliphatic heterocycles. The normalized spacial score (nSPS) is 23.3. The predicted octanol–water partition coefficient (Wildman–Crippen LogP) is 6.91. The molecule has 0 aromatic heterocycles. The van der Waals surface area contributed by atoms with Crippen LogP contribution in [0.25, 0.3) is 0 Å². The minimum Gasteiger partial charge on any atom is -0.0622 e. The highest BCUT2D eigenvalue weighted by Gasteiger charge is 2.46. The van der Waals surface area contributed by atoms with Crippen LogP contribution in [0, 0.1) is 23.7 Å². The van der Waals surface area contributed by atoms with Gasteiger partial charge in [0.05, 0.1) is 0 Å². The second-order valence-electron chi connectivity index (χ2n) is 10.3. The molecule has 0 N–H and O–H groups in total. The third-order valence-corrected chi connectivity index (χ3v) is 13.6. The lowest BCUT2D eigenvalue weighted by Gasteiger charge is -2.33. The maximum Gasteiger partial charge on any atom is -0.0195 e. The van der Waals surface area contributed by atoms with Gasteiger partial charge in [-0.3, -0.25) is 0 Å². The quantitative estimate of drug-likeness (QED) is 0.234. The van der Waals surface area contributed by atoms with Gasteiger partial charge in [-0.15, -0.1) is 0 Å². The molecule has 4 atom stereocenters. The molecule has 0 spiro atoms. The van der Waals surface area contributed by atoms with Crippen LogP contribution in [0.15, 0.2) is 121 Å². The second kappa shape index (κ2) is 10.8. The molecule has 4 aromatic rings. The Morgan fingerprint density at radius 3 is 0.943 bits per heavy atom. The lowest BCUT2D eigenvalue weighted by molar-refractivity contribution is 0.295. The van der Waals surface area contributed by atoms with Gasteiger partial charge < -0.3 is 0 Å². The zero-order chi connectivity index (χ0) is 23.5. The first-order chi connectivity index (χ1) is 17.3. The van der Waals surface area contributed by atoms with Gasteiger partial charge in [-0.05, 0) is 92.3 Å². The molecule has 0 heterocycles. The van der Waals surface area contributed by atoms with Crippen molar-refractivity contribution in [3.05, 3.63) is 121 Å². The monoisotopic (exact) mass is 492 g/mol. The van der Waals surface area contributed by atoms with Crippen LogP contribution >= 0.6 is 15.8 Å². The summed E-state index contributed by atoms with van der Waals surface area (Å²) < 4.78 is 0. The molecule has 2 saturated carbocycles. The van der Waals surface area contributed by atoms with Crippen LogP contribution in [0.1, 0.15) is 19.3 Å². The molecule has 2 unspecified atom stereocenters. The van der Waals surface area contributed by atoms with E-state index < -0.39 is 0 Å². The summed E-state index contributed by atoms with van der Waals surface area (Å²) >= 11 is 0. The van der Waals surface area contributed by atoms with E-state index in [0.717, 1.165) is 23.7 Å². The first kappa shape index (κ1) is 23.2. The molecule has 0 saturated heterocycles. The predicted molar refractivity (Wildman–Crippen MR) is 156 cm³/mol. The first-order valence-electron chi connectivity index (χ1n) is 13.1. The van der Waals surface area contributed by atoms with Crippen molar-refractivity contribution in [2.75, 3.05) is 12.3 Å². The molecule has 0 nitrogen and oxygen atoms in total. The van der Waals surface area contributed by atoms with Crippen LogP contribution in [0.4, 0.5) is 0 Å². The number of hydrogen-bond donors (Lipinski definition) is 0. The zero-order valence-electron chi connectivity index (χ0n) is 20.3. The van der Waals surface area contributed by atoms with Crippen molar-refractivity contribution in [3.63, 3.8) is 0 Å². The molecule has 176 valence electrons. The summed E-state index contributed by atoms with van der Waals surface area (Å²) in [6.07, 6.45) is 7.09. The zero-order valence-corrected chi connectivity index (χ0v) is 22.1. The molecule has 0 amide bonds. The van der Waals surface area contributed by atoms with Gasteiger partial charge in [0.2, 0.25) is 0 Å². The lowest BCUT2D eigenvalue weighted by Crippen LogP contribution is -2.27. The van der Waals surface area contributed by atoms with Gasteiger partial charge in [-0.25, -0.2) is 0 Å². The smallest absolute Gasteiger partial charge is 0.0195 e. The number of benzene rings is 4. The molecular weight excluding hydrogens is 458 g/mol. The summed E-state index contributed by atoms with van der Waals surface area (Å²) in [5.74, 6) is 3.63. The largest absolute Gasteiger partial charge is 0.0622 e. The highest BCUT2D eigenvalue weighted by molar-refractivity contribution is 7.73. The topological polar surface area (TPSA) is 0 Å². The molecule has 2 fully saturated rings. The van der Waals surface area contributed by atoms with Crippen LogP contribution < -0.4 is 21.2 Å². The Kier molecular flexibility index (Phi) is 7.13. The van der Waals surface area contributed by atoms with Crippen LogP contribution in [-0.4, -0.2) is 12.3 Å². The molecule has 6 rings (SSSR count). The average Bonchev–Trinajstić information content (AvgIpc) is 3.52. The van der Waals surface area contributed by atoms with Crippen molar-refractivity contribution in [2.45, 2.75) is 19.3 Å². The third-order valence-electron chi connectivity index (χ3n) is 8.26. The Morgan fingerprint density at radius 1 is 0.400 bits per heavy atom. The van der Waals surface area contributed by atoms with Gasteiger partial charge in [0.15, 0.2) is 0 Å². The Labute approximate surface area is 213 Å². The maximum absolute atomic E-state index is 2.36. The van der Waals surface area contributed by atoms with Crippen molar-refractivity contribution in [2.24, 2.45) is 23.7 Å². The fraction of sp³-hybridized carbons (Fsp3) is 0.273. The molecule has 4 aromatic carbocycles. The summed E-state index contributed by atoms with van der Waals surface area (Å²) in [7, 11) is -0.546. The Bertz CT molecular complexity index is 1020. The van der Waals surface area contributed by atoms with Gasteiger partial charge in [0.1, 0.15) is 0 Å². The number of rotatable bonds is 8. The first-order valence-corrected chi connectivity index (χ1v) is 16.2. The Morgan fingerprint density at radius 2 is 0.686 bits per heavy atom. The fourth-order valence-corrected chi connectivity index (χ4v) is 12.0. The van der Waals surface area contributed by atoms with Crippen LogP contribution in [0.3, 0.4) is 0 Å². The number of fused-ring (bicyclic) bond motifs is 2. The van der Waals surface area contributed by atoms with Crippen molar-refractivity contribution < 1.29 is 0 Å². The molecule has 2 heteroatoms. The van der Waals surface area contributed by atoms with E-state index in [1.54, 1.807) is 21.2 Å². The van der Waals surface area contributed by atoms with Crippen molar-refractivity contribution in [3.8, 4) is 0 Å². The highest BCUT2D eigenvalue weighted by atomic mass is 31.1. The van der Waals surface area contributed by atoms with E-state index in [0.29, 0.717) is 0 Å². The van der Waals surface area contributed by atoms with Gasteiger partial charge >= 0.3 is 0 Å². The molecule has 35 heavy (non-hydrogen) atoms. The highest BCUT2D eigenvalue weighted by Crippen LogP contribution is 2.57. The SMILES string of the molecule is c1ccc(P(C[C@H]2CC3CC2C[C@@H]3CP(c2ccccc2)c2ccccc2)c2ccccc2)cc1. The van der Waals surface area contributed by atoms with E-state index in [4.69, 9.17) is 0 Å². The standard InChI is InChI=1S/C33H34P2/c1-5-13-30(14-6-1)34(31-15-7-2-8-16-31)24-28-22-27-21-26(28)23-29(27)25-35(32-17-9-3-10-18-32)33-19-11-4-12-20-33/h1-20,26-29H,21-25H2/t26?,27?,28-,29-/m1/s1.